The summed E-state index contributed by atoms with van der Waals surface area (Å²) >= 11 is 3.44. The molecular weight excluding hydrogens is 372 g/mol. The highest BCUT2D eigenvalue weighted by Crippen LogP contribution is 2.27. The molecule has 0 aliphatic carbocycles. The summed E-state index contributed by atoms with van der Waals surface area (Å²) in [4.78, 5) is 11.9. The summed E-state index contributed by atoms with van der Waals surface area (Å²) in [6, 6.07) is 13.4. The zero-order valence-corrected chi connectivity index (χ0v) is 15.4. The molecule has 6 heteroatoms. The standard InChI is InChI=1S/C18H21BrN2O3/c1-23-16-8-7-13(11-17(16)24-2)9-10-20-18(22)12-21-15-6-4-3-5-14(15)19/h3-8,11,21H,9-10,12H2,1-2H3,(H,20,22). The van der Waals surface area contributed by atoms with E-state index in [1.54, 1.807) is 14.2 Å². The van der Waals surface area contributed by atoms with Crippen molar-refractivity contribution < 1.29 is 14.3 Å². The number of amides is 1. The average Bonchev–Trinajstić information content (AvgIpc) is 2.61. The summed E-state index contributed by atoms with van der Waals surface area (Å²) in [5.41, 5.74) is 1.97. The fourth-order valence-corrected chi connectivity index (χ4v) is 2.65. The van der Waals surface area contributed by atoms with Gasteiger partial charge in [0.25, 0.3) is 0 Å². The van der Waals surface area contributed by atoms with Crippen molar-refractivity contribution in [3.8, 4) is 11.5 Å². The van der Waals surface area contributed by atoms with E-state index in [1.807, 2.05) is 42.5 Å². The molecule has 1 amide bonds. The molecule has 0 fully saturated rings. The van der Waals surface area contributed by atoms with Gasteiger partial charge in [0.1, 0.15) is 0 Å². The number of anilines is 1. The summed E-state index contributed by atoms with van der Waals surface area (Å²) in [7, 11) is 3.21. The monoisotopic (exact) mass is 392 g/mol. The highest BCUT2D eigenvalue weighted by atomic mass is 79.9. The van der Waals surface area contributed by atoms with Crippen LogP contribution in [-0.2, 0) is 11.2 Å². The van der Waals surface area contributed by atoms with Crippen LogP contribution in [0.2, 0.25) is 0 Å². The number of hydrogen-bond donors (Lipinski definition) is 2. The fraction of sp³-hybridized carbons (Fsp3) is 0.278. The molecule has 0 saturated carbocycles. The Morgan fingerprint density at radius 3 is 2.54 bits per heavy atom. The third-order valence-corrected chi connectivity index (χ3v) is 4.19. The highest BCUT2D eigenvalue weighted by molar-refractivity contribution is 9.10. The lowest BCUT2D eigenvalue weighted by molar-refractivity contribution is -0.119. The first-order valence-corrected chi connectivity index (χ1v) is 8.39. The predicted octanol–water partition coefficient (Wildman–Crippen LogP) is 3.24. The zero-order valence-electron chi connectivity index (χ0n) is 13.8. The van der Waals surface area contributed by atoms with E-state index in [4.69, 9.17) is 9.47 Å². The molecule has 0 bridgehead atoms. The Kier molecular flexibility index (Phi) is 6.93. The summed E-state index contributed by atoms with van der Waals surface area (Å²) in [6.45, 7) is 0.792. The molecule has 0 aromatic heterocycles. The van der Waals surface area contributed by atoms with Gasteiger partial charge in [-0.1, -0.05) is 18.2 Å². The minimum atomic E-state index is -0.0498. The average molecular weight is 393 g/mol. The third kappa shape index (κ3) is 5.16. The zero-order chi connectivity index (χ0) is 17.4. The lowest BCUT2D eigenvalue weighted by Gasteiger charge is -2.11. The fourth-order valence-electron chi connectivity index (χ4n) is 2.22. The molecule has 0 spiro atoms. The Bertz CT molecular complexity index is 692. The number of nitrogens with one attached hydrogen (secondary N) is 2. The van der Waals surface area contributed by atoms with Crippen LogP contribution in [0, 0.1) is 0 Å². The Morgan fingerprint density at radius 2 is 1.83 bits per heavy atom. The van der Waals surface area contributed by atoms with Crippen LogP contribution in [0.25, 0.3) is 0 Å². The molecule has 5 nitrogen and oxygen atoms in total. The van der Waals surface area contributed by atoms with Gasteiger partial charge in [0, 0.05) is 16.7 Å². The van der Waals surface area contributed by atoms with E-state index in [-0.39, 0.29) is 12.5 Å². The topological polar surface area (TPSA) is 59.6 Å². The first-order chi connectivity index (χ1) is 11.6. The SMILES string of the molecule is COc1ccc(CCNC(=O)CNc2ccccc2Br)cc1OC. The number of ether oxygens (including phenoxy) is 2. The van der Waals surface area contributed by atoms with E-state index in [9.17, 15) is 4.79 Å². The number of halogens is 1. The first kappa shape index (κ1) is 18.1. The molecular formula is C18H21BrN2O3. The highest BCUT2D eigenvalue weighted by Gasteiger charge is 2.06. The maximum atomic E-state index is 11.9. The quantitative estimate of drug-likeness (QED) is 0.723. The van der Waals surface area contributed by atoms with E-state index in [1.165, 1.54) is 0 Å². The van der Waals surface area contributed by atoms with E-state index in [0.29, 0.717) is 18.0 Å². The Morgan fingerprint density at radius 1 is 1.08 bits per heavy atom. The van der Waals surface area contributed by atoms with Crippen LogP contribution in [0.3, 0.4) is 0 Å². The van der Waals surface area contributed by atoms with Gasteiger partial charge in [0.2, 0.25) is 5.91 Å². The van der Waals surface area contributed by atoms with E-state index >= 15 is 0 Å². The molecule has 128 valence electrons. The molecule has 0 radical (unpaired) electrons. The summed E-state index contributed by atoms with van der Waals surface area (Å²) in [5.74, 6) is 1.34. The van der Waals surface area contributed by atoms with Gasteiger partial charge < -0.3 is 20.1 Å². The largest absolute Gasteiger partial charge is 0.493 e. The molecule has 0 aliphatic rings. The summed E-state index contributed by atoms with van der Waals surface area (Å²) in [6.07, 6.45) is 0.723. The number of carbonyl (C=O) groups is 1. The number of para-hydroxylation sites is 1. The van der Waals surface area contributed by atoms with E-state index in [2.05, 4.69) is 26.6 Å². The minimum absolute atomic E-state index is 0.0498. The van der Waals surface area contributed by atoms with Crippen molar-refractivity contribution in [1.82, 2.24) is 5.32 Å². The van der Waals surface area contributed by atoms with Crippen LogP contribution in [0.5, 0.6) is 11.5 Å². The van der Waals surface area contributed by atoms with Crippen molar-refractivity contribution in [1.29, 1.82) is 0 Å². The van der Waals surface area contributed by atoms with Gasteiger partial charge in [0.15, 0.2) is 11.5 Å². The molecule has 0 aliphatic heterocycles. The Hall–Kier alpha value is -2.21. The molecule has 0 atom stereocenters. The van der Waals surface area contributed by atoms with Crippen molar-refractivity contribution in [2.45, 2.75) is 6.42 Å². The van der Waals surface area contributed by atoms with Crippen LogP contribution in [0.1, 0.15) is 5.56 Å². The van der Waals surface area contributed by atoms with Gasteiger partial charge in [-0.25, -0.2) is 0 Å². The summed E-state index contributed by atoms with van der Waals surface area (Å²) in [5, 5.41) is 6.00. The molecule has 2 rings (SSSR count). The van der Waals surface area contributed by atoms with Crippen molar-refractivity contribution >= 4 is 27.5 Å². The molecule has 0 saturated heterocycles. The van der Waals surface area contributed by atoms with Crippen LogP contribution in [0.4, 0.5) is 5.69 Å². The maximum absolute atomic E-state index is 11.9. The van der Waals surface area contributed by atoms with Crippen LogP contribution >= 0.6 is 15.9 Å². The van der Waals surface area contributed by atoms with E-state index in [0.717, 1.165) is 22.1 Å². The molecule has 2 N–H and O–H groups in total. The number of methoxy groups -OCH3 is 2. The Labute approximate surface area is 150 Å². The lowest BCUT2D eigenvalue weighted by Crippen LogP contribution is -2.31. The number of carbonyl (C=O) groups excluding carboxylic acids is 1. The molecule has 0 heterocycles. The second-order valence-electron chi connectivity index (χ2n) is 5.12. The second-order valence-corrected chi connectivity index (χ2v) is 5.98. The predicted molar refractivity (Wildman–Crippen MR) is 98.9 cm³/mol. The molecule has 24 heavy (non-hydrogen) atoms. The van der Waals surface area contributed by atoms with Gasteiger partial charge in [0.05, 0.1) is 20.8 Å². The van der Waals surface area contributed by atoms with Gasteiger partial charge in [-0.3, -0.25) is 4.79 Å². The minimum Gasteiger partial charge on any atom is -0.493 e. The maximum Gasteiger partial charge on any atom is 0.239 e. The number of benzene rings is 2. The first-order valence-electron chi connectivity index (χ1n) is 7.60. The van der Waals surface area contributed by atoms with Crippen LogP contribution in [-0.4, -0.2) is 33.2 Å². The van der Waals surface area contributed by atoms with Crippen molar-refractivity contribution in [3.63, 3.8) is 0 Å². The third-order valence-electron chi connectivity index (χ3n) is 3.50. The van der Waals surface area contributed by atoms with Gasteiger partial charge >= 0.3 is 0 Å². The number of hydrogen-bond acceptors (Lipinski definition) is 4. The lowest BCUT2D eigenvalue weighted by atomic mass is 10.1. The van der Waals surface area contributed by atoms with Crippen molar-refractivity contribution in [3.05, 3.63) is 52.5 Å². The Balaban J connectivity index is 1.77. The molecule has 2 aromatic carbocycles. The summed E-state index contributed by atoms with van der Waals surface area (Å²) < 4.78 is 11.4. The van der Waals surface area contributed by atoms with Gasteiger partial charge in [-0.15, -0.1) is 0 Å². The van der Waals surface area contributed by atoms with Crippen molar-refractivity contribution in [2.24, 2.45) is 0 Å². The van der Waals surface area contributed by atoms with Crippen molar-refractivity contribution in [2.75, 3.05) is 32.6 Å². The smallest absolute Gasteiger partial charge is 0.239 e. The van der Waals surface area contributed by atoms with Gasteiger partial charge in [-0.2, -0.15) is 0 Å². The van der Waals surface area contributed by atoms with Gasteiger partial charge in [-0.05, 0) is 52.2 Å². The normalized spacial score (nSPS) is 10.1. The van der Waals surface area contributed by atoms with Crippen LogP contribution in [0.15, 0.2) is 46.9 Å². The van der Waals surface area contributed by atoms with E-state index < -0.39 is 0 Å². The number of rotatable bonds is 8. The second kappa shape index (κ2) is 9.17. The molecule has 2 aromatic rings. The van der Waals surface area contributed by atoms with Crippen LogP contribution < -0.4 is 20.1 Å². The molecule has 0 unspecified atom stereocenters.